The van der Waals surface area contributed by atoms with Gasteiger partial charge in [-0.3, -0.25) is 4.79 Å². The van der Waals surface area contributed by atoms with Gasteiger partial charge in [0.15, 0.2) is 0 Å². The van der Waals surface area contributed by atoms with E-state index in [9.17, 15) is 13.2 Å². The molecular formula is C21H25ClN2O3S. The number of nitrogens with one attached hydrogen (secondary N) is 1. The van der Waals surface area contributed by atoms with Crippen molar-refractivity contribution >= 4 is 27.5 Å². The first-order valence-corrected chi connectivity index (χ1v) is 11.2. The first kappa shape index (κ1) is 20.8. The molecule has 3 rings (SSSR count). The Morgan fingerprint density at radius 3 is 2.32 bits per heavy atom. The van der Waals surface area contributed by atoms with Gasteiger partial charge in [-0.05, 0) is 67.6 Å². The zero-order valence-electron chi connectivity index (χ0n) is 16.1. The molecule has 7 heteroatoms. The van der Waals surface area contributed by atoms with Gasteiger partial charge in [-0.25, -0.2) is 8.42 Å². The van der Waals surface area contributed by atoms with E-state index in [2.05, 4.69) is 5.32 Å². The summed E-state index contributed by atoms with van der Waals surface area (Å²) in [6, 6.07) is 12.5. The zero-order valence-corrected chi connectivity index (χ0v) is 17.7. The predicted molar refractivity (Wildman–Crippen MR) is 111 cm³/mol. The fourth-order valence-electron chi connectivity index (χ4n) is 3.32. The number of hydrogen-bond acceptors (Lipinski definition) is 3. The summed E-state index contributed by atoms with van der Waals surface area (Å²) in [6.45, 7) is 5.02. The minimum Gasteiger partial charge on any atom is -0.352 e. The number of carbonyl (C=O) groups excluding carboxylic acids is 1. The van der Waals surface area contributed by atoms with Crippen LogP contribution in [0.15, 0.2) is 47.4 Å². The molecule has 1 saturated heterocycles. The number of carbonyl (C=O) groups is 1. The first-order valence-electron chi connectivity index (χ1n) is 9.37. The van der Waals surface area contributed by atoms with Crippen molar-refractivity contribution in [3.8, 4) is 0 Å². The molecular weight excluding hydrogens is 396 g/mol. The zero-order chi connectivity index (χ0) is 20.3. The Morgan fingerprint density at radius 2 is 1.71 bits per heavy atom. The lowest BCUT2D eigenvalue weighted by molar-refractivity contribution is -0.126. The van der Waals surface area contributed by atoms with E-state index in [4.69, 9.17) is 11.6 Å². The molecule has 2 aromatic rings. The topological polar surface area (TPSA) is 66.5 Å². The summed E-state index contributed by atoms with van der Waals surface area (Å²) < 4.78 is 27.2. The highest BCUT2D eigenvalue weighted by Gasteiger charge is 2.32. The minimum absolute atomic E-state index is 0.0295. The Balaban J connectivity index is 1.56. The Kier molecular flexibility index (Phi) is 6.43. The summed E-state index contributed by atoms with van der Waals surface area (Å²) >= 11 is 5.87. The molecule has 0 atom stereocenters. The highest BCUT2D eigenvalue weighted by molar-refractivity contribution is 7.89. The number of piperidine rings is 1. The smallest absolute Gasteiger partial charge is 0.243 e. The van der Waals surface area contributed by atoms with E-state index in [1.54, 1.807) is 24.3 Å². The normalized spacial score (nSPS) is 16.1. The lowest BCUT2D eigenvalue weighted by atomic mass is 9.97. The molecule has 28 heavy (non-hydrogen) atoms. The van der Waals surface area contributed by atoms with Gasteiger partial charge in [0.25, 0.3) is 0 Å². The van der Waals surface area contributed by atoms with Gasteiger partial charge in [0.05, 0.1) is 4.90 Å². The molecule has 0 aromatic heterocycles. The molecule has 5 nitrogen and oxygen atoms in total. The molecule has 0 spiro atoms. The lowest BCUT2D eigenvalue weighted by Crippen LogP contribution is -2.42. The van der Waals surface area contributed by atoms with Crippen molar-refractivity contribution in [3.63, 3.8) is 0 Å². The van der Waals surface area contributed by atoms with Gasteiger partial charge < -0.3 is 5.32 Å². The van der Waals surface area contributed by atoms with Gasteiger partial charge in [-0.2, -0.15) is 4.31 Å². The van der Waals surface area contributed by atoms with Crippen LogP contribution >= 0.6 is 11.6 Å². The van der Waals surface area contributed by atoms with Crippen LogP contribution in [0.1, 0.15) is 29.5 Å². The second-order valence-corrected chi connectivity index (χ2v) is 9.64. The van der Waals surface area contributed by atoms with Crippen molar-refractivity contribution in [2.24, 2.45) is 5.92 Å². The third kappa shape index (κ3) is 4.74. The number of amides is 1. The van der Waals surface area contributed by atoms with Crippen LogP contribution < -0.4 is 5.32 Å². The molecule has 1 N–H and O–H groups in total. The average molecular weight is 421 g/mol. The quantitative estimate of drug-likeness (QED) is 0.802. The molecule has 1 aliphatic rings. The maximum absolute atomic E-state index is 12.9. The number of aryl methyl sites for hydroxylation is 2. The summed E-state index contributed by atoms with van der Waals surface area (Å²) in [5, 5.41) is 3.60. The third-order valence-electron chi connectivity index (χ3n) is 5.32. The van der Waals surface area contributed by atoms with E-state index in [0.29, 0.717) is 42.4 Å². The molecule has 1 amide bonds. The Morgan fingerprint density at radius 1 is 1.07 bits per heavy atom. The van der Waals surface area contributed by atoms with Crippen LogP contribution in [0.4, 0.5) is 0 Å². The largest absolute Gasteiger partial charge is 0.352 e. The van der Waals surface area contributed by atoms with Crippen molar-refractivity contribution < 1.29 is 13.2 Å². The molecule has 0 unspecified atom stereocenters. The van der Waals surface area contributed by atoms with Gasteiger partial charge >= 0.3 is 0 Å². The van der Waals surface area contributed by atoms with Crippen LogP contribution in [0, 0.1) is 19.8 Å². The van der Waals surface area contributed by atoms with E-state index in [1.165, 1.54) is 4.31 Å². The van der Waals surface area contributed by atoms with Gasteiger partial charge in [-0.1, -0.05) is 29.8 Å². The highest BCUT2D eigenvalue weighted by Crippen LogP contribution is 2.25. The van der Waals surface area contributed by atoms with Crippen molar-refractivity contribution in [1.82, 2.24) is 9.62 Å². The van der Waals surface area contributed by atoms with Gasteiger partial charge in [0, 0.05) is 30.6 Å². The predicted octanol–water partition coefficient (Wildman–Crippen LogP) is 3.67. The molecule has 0 bridgehead atoms. The van der Waals surface area contributed by atoms with Crippen LogP contribution in [-0.2, 0) is 21.4 Å². The van der Waals surface area contributed by atoms with Crippen molar-refractivity contribution in [2.75, 3.05) is 13.1 Å². The highest BCUT2D eigenvalue weighted by atomic mass is 35.5. The second kappa shape index (κ2) is 8.64. The van der Waals surface area contributed by atoms with Crippen LogP contribution in [-0.4, -0.2) is 31.7 Å². The SMILES string of the molecule is Cc1ccc(S(=O)(=O)N2CCC(C(=O)NCc3ccc(Cl)cc3)CC2)cc1C. The van der Waals surface area contributed by atoms with E-state index in [-0.39, 0.29) is 11.8 Å². The van der Waals surface area contributed by atoms with E-state index in [0.717, 1.165) is 16.7 Å². The fraction of sp³-hybridized carbons (Fsp3) is 0.381. The van der Waals surface area contributed by atoms with Crippen molar-refractivity contribution in [1.29, 1.82) is 0 Å². The van der Waals surface area contributed by atoms with Crippen LogP contribution in [0.25, 0.3) is 0 Å². The van der Waals surface area contributed by atoms with Crippen molar-refractivity contribution in [3.05, 3.63) is 64.2 Å². The van der Waals surface area contributed by atoms with Gasteiger partial charge in [0.2, 0.25) is 15.9 Å². The Labute approximate surface area is 171 Å². The Bertz CT molecular complexity index is 950. The molecule has 1 aliphatic heterocycles. The number of sulfonamides is 1. The first-order chi connectivity index (χ1) is 13.3. The molecule has 1 fully saturated rings. The Hall–Kier alpha value is -1.89. The third-order valence-corrected chi connectivity index (χ3v) is 7.47. The van der Waals surface area contributed by atoms with Crippen molar-refractivity contribution in [2.45, 2.75) is 38.1 Å². The molecule has 0 aliphatic carbocycles. The molecule has 0 saturated carbocycles. The lowest BCUT2D eigenvalue weighted by Gasteiger charge is -2.30. The van der Waals surface area contributed by atoms with Crippen LogP contribution in [0.2, 0.25) is 5.02 Å². The fourth-order valence-corrected chi connectivity index (χ4v) is 5.00. The second-order valence-electron chi connectivity index (χ2n) is 7.27. The van der Waals surface area contributed by atoms with Crippen LogP contribution in [0.3, 0.4) is 0 Å². The summed E-state index contributed by atoms with van der Waals surface area (Å²) in [5.41, 5.74) is 3.00. The summed E-state index contributed by atoms with van der Waals surface area (Å²) in [6.07, 6.45) is 1.05. The summed E-state index contributed by atoms with van der Waals surface area (Å²) in [7, 11) is -3.52. The van der Waals surface area contributed by atoms with E-state index in [1.807, 2.05) is 32.0 Å². The molecule has 2 aromatic carbocycles. The standard InChI is InChI=1S/C21H25ClN2O3S/c1-15-3-8-20(13-16(15)2)28(26,27)24-11-9-18(10-12-24)21(25)23-14-17-4-6-19(22)7-5-17/h3-8,13,18H,9-12,14H2,1-2H3,(H,23,25). The number of rotatable bonds is 5. The molecule has 0 radical (unpaired) electrons. The van der Waals surface area contributed by atoms with Crippen LogP contribution in [0.5, 0.6) is 0 Å². The maximum Gasteiger partial charge on any atom is 0.243 e. The molecule has 1 heterocycles. The molecule has 150 valence electrons. The number of hydrogen-bond donors (Lipinski definition) is 1. The van der Waals surface area contributed by atoms with Gasteiger partial charge in [-0.15, -0.1) is 0 Å². The number of benzene rings is 2. The maximum atomic E-state index is 12.9. The average Bonchev–Trinajstić information content (AvgIpc) is 2.69. The summed E-state index contributed by atoms with van der Waals surface area (Å²) in [4.78, 5) is 12.8. The van der Waals surface area contributed by atoms with E-state index >= 15 is 0 Å². The van der Waals surface area contributed by atoms with E-state index < -0.39 is 10.0 Å². The number of halogens is 1. The number of nitrogens with zero attached hydrogens (tertiary/aromatic N) is 1. The minimum atomic E-state index is -3.52. The summed E-state index contributed by atoms with van der Waals surface area (Å²) in [5.74, 6) is -0.198. The monoisotopic (exact) mass is 420 g/mol. The van der Waals surface area contributed by atoms with Gasteiger partial charge in [0.1, 0.15) is 0 Å².